The Morgan fingerprint density at radius 3 is 1.42 bits per heavy atom. The van der Waals surface area contributed by atoms with E-state index in [-0.39, 0.29) is 190 Å². The van der Waals surface area contributed by atoms with Crippen LogP contribution >= 0.6 is 0 Å². The number of fused-ring (bicyclic) bond motifs is 4. The molecule has 10 atom stereocenters. The Balaban J connectivity index is 0.651. The highest BCUT2D eigenvalue weighted by molar-refractivity contribution is 6.13. The van der Waals surface area contributed by atoms with Gasteiger partial charge in [0.1, 0.15) is 48.5 Å². The first kappa shape index (κ1) is 112. The van der Waals surface area contributed by atoms with Crippen LogP contribution in [0.1, 0.15) is 192 Å². The summed E-state index contributed by atoms with van der Waals surface area (Å²) in [5.74, 6) is -7.50. The molecule has 0 bridgehead atoms. The van der Waals surface area contributed by atoms with Crippen molar-refractivity contribution in [2.45, 2.75) is 202 Å². The van der Waals surface area contributed by atoms with Gasteiger partial charge in [0.25, 0.3) is 17.7 Å². The summed E-state index contributed by atoms with van der Waals surface area (Å²) in [5.41, 5.74) is 5.43. The highest BCUT2D eigenvalue weighted by Crippen LogP contribution is 2.47. The van der Waals surface area contributed by atoms with Crippen LogP contribution in [-0.2, 0) is 131 Å². The number of ketones is 6. The molecule has 5 aliphatic rings. The summed E-state index contributed by atoms with van der Waals surface area (Å²) in [4.78, 5) is 177. The fourth-order valence-electron chi connectivity index (χ4n) is 16.7. The summed E-state index contributed by atoms with van der Waals surface area (Å²) in [6.45, 7) is 22.8. The average molecular weight is 1940 g/mol. The molecule has 139 heavy (non-hydrogen) atoms. The van der Waals surface area contributed by atoms with Crippen molar-refractivity contribution in [3.05, 3.63) is 153 Å². The lowest BCUT2D eigenvalue weighted by Crippen LogP contribution is -2.45. The van der Waals surface area contributed by atoms with Crippen molar-refractivity contribution in [1.82, 2.24) is 20.4 Å². The molecule has 35 nitrogen and oxygen atoms in total. The normalized spacial score (nSPS) is 18.0. The fourth-order valence-corrected chi connectivity index (χ4v) is 16.7. The number of imide groups is 1. The summed E-state index contributed by atoms with van der Waals surface area (Å²) >= 11 is 0. The minimum atomic E-state index is -1.50. The molecular weight excluding hydrogens is 1800 g/mol. The zero-order valence-corrected chi connectivity index (χ0v) is 82.2. The Labute approximate surface area is 813 Å². The highest BCUT2D eigenvalue weighted by Gasteiger charge is 2.49. The highest BCUT2D eigenvalue weighted by atomic mass is 16.6. The SMILES string of the molecule is COCCOCCC(=O)C[C@@H](C(=O)N[C@H](C)C(=O)Cc1ccc(COC(=O)C2c3cc(OCCCCCOc4cc5c(cc4OC)C(=O)C4C=C(C)C[C@H]4[C@H](O)N5C(=O)OCc4ccc(CC(=O)[C@@H](C)NC(=O)[C@H](CC(=O)CCOCCOCCOCCOCCOCCOCCOCCOCCCC(=O)CCN5C(=O)C=CC5=O)C(C)C)cc4)c(C)cc3C(=O)N3C=C(C)C[C@H]3[C@@H]2O)cc1)C(C)C. The van der Waals surface area contributed by atoms with Gasteiger partial charge in [0, 0.05) is 131 Å². The van der Waals surface area contributed by atoms with Crippen molar-refractivity contribution in [3.63, 3.8) is 0 Å². The van der Waals surface area contributed by atoms with Crippen molar-refractivity contribution in [2.24, 2.45) is 35.5 Å². The van der Waals surface area contributed by atoms with Gasteiger partial charge in [-0.15, -0.1) is 0 Å². The molecule has 4 aromatic carbocycles. The smallest absolute Gasteiger partial charge is 0.416 e. The van der Waals surface area contributed by atoms with Crippen LogP contribution in [0.5, 0.6) is 17.2 Å². The maximum atomic E-state index is 14.5. The monoisotopic (exact) mass is 1940 g/mol. The first-order chi connectivity index (χ1) is 66.8. The molecule has 0 radical (unpaired) electrons. The van der Waals surface area contributed by atoms with E-state index in [9.17, 15) is 72.5 Å². The number of amides is 6. The number of anilines is 1. The van der Waals surface area contributed by atoms with Crippen LogP contribution in [0.2, 0.25) is 0 Å². The van der Waals surface area contributed by atoms with Crippen LogP contribution in [0.15, 0.2) is 108 Å². The zero-order chi connectivity index (χ0) is 100. The molecule has 0 saturated carbocycles. The summed E-state index contributed by atoms with van der Waals surface area (Å²) in [5, 5.41) is 29.9. The van der Waals surface area contributed by atoms with E-state index in [0.717, 1.165) is 20.9 Å². The van der Waals surface area contributed by atoms with E-state index in [1.807, 2.05) is 47.6 Å². The minimum absolute atomic E-state index is 0.00324. The number of aryl methyl sites for hydroxylation is 1. The molecule has 0 saturated heterocycles. The van der Waals surface area contributed by atoms with Gasteiger partial charge in [-0.2, -0.15) is 0 Å². The molecule has 0 fully saturated rings. The van der Waals surface area contributed by atoms with Crippen LogP contribution in [0.4, 0.5) is 10.5 Å². The van der Waals surface area contributed by atoms with Gasteiger partial charge in [-0.05, 0) is 137 Å². The van der Waals surface area contributed by atoms with Gasteiger partial charge in [0.2, 0.25) is 11.8 Å². The number of nitrogens with zero attached hydrogens (tertiary/aromatic N) is 3. The number of carbonyl (C=O) groups excluding carboxylic acids is 13. The van der Waals surface area contributed by atoms with Gasteiger partial charge in [0.15, 0.2) is 28.8 Å². The van der Waals surface area contributed by atoms with Crippen molar-refractivity contribution >= 4 is 82.0 Å². The first-order valence-electron chi connectivity index (χ1n) is 48.3. The Kier molecular flexibility index (Phi) is 47.1. The Hall–Kier alpha value is -10.7. The van der Waals surface area contributed by atoms with E-state index in [1.165, 1.54) is 36.3 Å². The maximum Gasteiger partial charge on any atom is 0.416 e. The molecule has 4 N–H and O–H groups in total. The first-order valence-corrected chi connectivity index (χ1v) is 48.3. The Morgan fingerprint density at radius 2 is 0.935 bits per heavy atom. The summed E-state index contributed by atoms with van der Waals surface area (Å²) in [6, 6.07) is 17.5. The number of Topliss-reactive ketones (excluding diaryl/α,β-unsaturated/α-hetero) is 6. The number of benzene rings is 4. The molecule has 1 aliphatic carbocycles. The van der Waals surface area contributed by atoms with Crippen molar-refractivity contribution in [2.75, 3.05) is 164 Å². The fraction of sp³-hybridized carbons (Fsp3) is 0.587. The number of aliphatic hydroxyl groups excluding tert-OH is 2. The number of methoxy groups -OCH3 is 2. The predicted octanol–water partition coefficient (Wildman–Crippen LogP) is 10.1. The quantitative estimate of drug-likeness (QED) is 0.0138. The maximum absolute atomic E-state index is 14.5. The largest absolute Gasteiger partial charge is 0.493 e. The third-order valence-corrected chi connectivity index (χ3v) is 24.9. The molecular formula is C104H141N5O30. The average Bonchev–Trinajstić information content (AvgIpc) is 1.61. The summed E-state index contributed by atoms with van der Waals surface area (Å²) in [6.07, 6.45) is 5.58. The van der Waals surface area contributed by atoms with Crippen molar-refractivity contribution in [1.29, 1.82) is 0 Å². The van der Waals surface area contributed by atoms with Crippen LogP contribution in [-0.4, -0.2) is 286 Å². The number of rotatable bonds is 67. The molecule has 2 unspecified atom stereocenters. The molecule has 4 aromatic rings. The van der Waals surface area contributed by atoms with Gasteiger partial charge in [-0.1, -0.05) is 93.4 Å². The van der Waals surface area contributed by atoms with E-state index in [0.29, 0.717) is 184 Å². The van der Waals surface area contributed by atoms with Crippen molar-refractivity contribution in [3.8, 4) is 17.2 Å². The number of hydrogen-bond acceptors (Lipinski definition) is 30. The number of aliphatic hydroxyl groups is 2. The van der Waals surface area contributed by atoms with E-state index in [4.69, 9.17) is 71.1 Å². The number of esters is 1. The molecule has 4 heterocycles. The van der Waals surface area contributed by atoms with Crippen LogP contribution in [0, 0.1) is 42.4 Å². The number of unbranched alkanes of at least 4 members (excludes halogenated alkanes) is 2. The van der Waals surface area contributed by atoms with E-state index in [1.54, 1.807) is 94.7 Å². The van der Waals surface area contributed by atoms with Crippen molar-refractivity contribution < 1.29 is 144 Å². The van der Waals surface area contributed by atoms with Crippen LogP contribution in [0.25, 0.3) is 0 Å². The number of allylic oxidation sites excluding steroid dienone is 2. The molecule has 6 amide bonds. The topological polar surface area (TPSA) is 435 Å². The van der Waals surface area contributed by atoms with Gasteiger partial charge in [0.05, 0.1) is 169 Å². The van der Waals surface area contributed by atoms with Gasteiger partial charge in [-0.25, -0.2) is 4.79 Å². The zero-order valence-electron chi connectivity index (χ0n) is 82.2. The summed E-state index contributed by atoms with van der Waals surface area (Å²) < 4.78 is 85.1. The second-order valence-electron chi connectivity index (χ2n) is 36.3. The number of nitrogens with one attached hydrogen (secondary N) is 2. The predicted molar refractivity (Wildman–Crippen MR) is 509 cm³/mol. The van der Waals surface area contributed by atoms with E-state index < -0.39 is 89.8 Å². The van der Waals surface area contributed by atoms with Gasteiger partial charge < -0.3 is 96.8 Å². The van der Waals surface area contributed by atoms with Gasteiger partial charge in [-0.3, -0.25) is 67.3 Å². The lowest BCUT2D eigenvalue weighted by atomic mass is 9.86. The van der Waals surface area contributed by atoms with Crippen LogP contribution in [0.3, 0.4) is 0 Å². The lowest BCUT2D eigenvalue weighted by molar-refractivity contribution is -0.150. The third kappa shape index (κ3) is 35.2. The molecule has 0 aromatic heterocycles. The second kappa shape index (κ2) is 58.5. The standard InChI is InChI=1S/C104H141N5O30/c1-66(2)80(58-78(111)28-34-128-37-36-125-10)99(119)105-71(8)89(113)56-73-17-21-75(22-18-73)64-138-103(123)96-82-60-91(70(7)55-85(82)101(121)108-63-69(6)54-88(108)98(96)118)136-32-13-12-14-33-137-93-62-87-86(61-92(93)126-11)97(117)83-52-68(5)53-84(83)102(122)109(87)104(124)139-65-76-23-19-74(20-24-76)57-90(114)72(9)106-100(120)81(67(3)4)59-79(112)29-35-129-39-41-131-43-45-133-47-49-135-51-50-134-48-46-132-44-42-130-40-38-127-31-15-16-77(110)27-30-107-94(115)25-26-95(107)116/h17-26,52,55,60-63,66-67,71-72,80-81,83-84,88,96,98,102,118,122H,12-16,27-51,53-54,56-59,64-65H2,1-11H3,(H,105,119)(H,106,120)/t71-,72-,80-,81-,83?,84-,88+,96?,98+,102+/m1/s1. The molecule has 762 valence electrons. The molecule has 0 spiro atoms. The minimum Gasteiger partial charge on any atom is -0.493 e. The molecule has 4 aliphatic heterocycles. The van der Waals surface area contributed by atoms with E-state index in [2.05, 4.69) is 10.6 Å². The Bertz CT molecular complexity index is 4840. The Morgan fingerprint density at radius 1 is 0.468 bits per heavy atom. The third-order valence-electron chi connectivity index (χ3n) is 24.9. The van der Waals surface area contributed by atoms with Gasteiger partial charge >= 0.3 is 12.1 Å². The summed E-state index contributed by atoms with van der Waals surface area (Å²) in [7, 11) is 2.99. The molecule has 9 rings (SSSR count). The number of carbonyl (C=O) groups is 13. The van der Waals surface area contributed by atoms with E-state index >= 15 is 0 Å². The van der Waals surface area contributed by atoms with Crippen LogP contribution < -0.4 is 29.7 Å². The second-order valence-corrected chi connectivity index (χ2v) is 36.3. The number of hydrogen-bond donors (Lipinski definition) is 4. The molecule has 35 heteroatoms. The number of ether oxygens (including phenoxy) is 15. The lowest BCUT2D eigenvalue weighted by Gasteiger charge is -2.31.